The SMILES string of the molecule is CCCC[Si](C)(C)O[Si](C)(CCCCCCCCCCC(c1ccc(O)c(C)c1)c1ccc(O)c(C)c1)O[Si](C)(O[Si](C)(C)CCCC)c1ccccc1. The summed E-state index contributed by atoms with van der Waals surface area (Å²) in [7, 11) is -9.14. The molecule has 0 saturated carbocycles. The summed E-state index contributed by atoms with van der Waals surface area (Å²) >= 11 is 0. The Kier molecular flexibility index (Phi) is 19.0. The Labute approximate surface area is 335 Å². The van der Waals surface area contributed by atoms with Gasteiger partial charge in [-0.25, -0.2) is 0 Å². The molecule has 5 nitrogen and oxygen atoms in total. The smallest absolute Gasteiger partial charge is 0.350 e. The average Bonchev–Trinajstić information content (AvgIpc) is 3.11. The van der Waals surface area contributed by atoms with Crippen LogP contribution in [0, 0.1) is 13.8 Å². The van der Waals surface area contributed by atoms with E-state index in [-0.39, 0.29) is 5.92 Å². The molecule has 302 valence electrons. The number of aryl methyl sites for hydroxylation is 2. The van der Waals surface area contributed by atoms with Crippen molar-refractivity contribution < 1.29 is 22.6 Å². The summed E-state index contributed by atoms with van der Waals surface area (Å²) in [6, 6.07) is 26.2. The van der Waals surface area contributed by atoms with Gasteiger partial charge >= 0.3 is 17.1 Å². The molecule has 0 bridgehead atoms. The van der Waals surface area contributed by atoms with Gasteiger partial charge in [-0.3, -0.25) is 0 Å². The number of phenolic OH excluding ortho intramolecular Hbond substituents is 2. The van der Waals surface area contributed by atoms with E-state index < -0.39 is 33.8 Å². The first kappa shape index (κ1) is 46.4. The van der Waals surface area contributed by atoms with Crippen molar-refractivity contribution in [3.05, 3.63) is 89.0 Å². The predicted molar refractivity (Wildman–Crippen MR) is 241 cm³/mol. The predicted octanol–water partition coefficient (Wildman–Crippen LogP) is 13.5. The van der Waals surface area contributed by atoms with Gasteiger partial charge in [0.25, 0.3) is 0 Å². The topological polar surface area (TPSA) is 68.2 Å². The Morgan fingerprint density at radius 3 is 1.46 bits per heavy atom. The van der Waals surface area contributed by atoms with Gasteiger partial charge < -0.3 is 22.6 Å². The highest BCUT2D eigenvalue weighted by Crippen LogP contribution is 2.35. The van der Waals surface area contributed by atoms with Crippen molar-refractivity contribution in [2.45, 2.75) is 174 Å². The summed E-state index contributed by atoms with van der Waals surface area (Å²) in [6.07, 6.45) is 15.7. The van der Waals surface area contributed by atoms with Crippen LogP contribution in [0.15, 0.2) is 66.7 Å². The molecule has 9 heteroatoms. The molecule has 0 amide bonds. The van der Waals surface area contributed by atoms with Gasteiger partial charge in [0, 0.05) is 5.92 Å². The molecule has 3 aromatic carbocycles. The lowest BCUT2D eigenvalue weighted by atomic mass is 9.85. The highest BCUT2D eigenvalue weighted by atomic mass is 28.5. The van der Waals surface area contributed by atoms with E-state index in [2.05, 4.69) is 108 Å². The minimum absolute atomic E-state index is 0.253. The number of rotatable bonds is 26. The van der Waals surface area contributed by atoms with Gasteiger partial charge in [0.15, 0.2) is 16.6 Å². The van der Waals surface area contributed by atoms with Crippen LogP contribution in [0.3, 0.4) is 0 Å². The number of benzene rings is 3. The summed E-state index contributed by atoms with van der Waals surface area (Å²) in [5, 5.41) is 21.5. The molecule has 2 unspecified atom stereocenters. The summed E-state index contributed by atoms with van der Waals surface area (Å²) in [5.74, 6) is 0.936. The third kappa shape index (κ3) is 15.5. The summed E-state index contributed by atoms with van der Waals surface area (Å²) in [4.78, 5) is 0. The monoisotopic (exact) mass is 808 g/mol. The zero-order valence-corrected chi connectivity index (χ0v) is 39.9. The fourth-order valence-corrected chi connectivity index (χ4v) is 28.0. The second kappa shape index (κ2) is 22.1. The normalized spacial score (nSPS) is 14.6. The van der Waals surface area contributed by atoms with Crippen LogP contribution < -0.4 is 5.19 Å². The van der Waals surface area contributed by atoms with Crippen LogP contribution in [0.5, 0.6) is 11.5 Å². The van der Waals surface area contributed by atoms with E-state index in [1.165, 1.54) is 86.6 Å². The number of phenols is 2. The summed E-state index contributed by atoms with van der Waals surface area (Å²) in [6.45, 7) is 22.7. The molecule has 3 rings (SSSR count). The molecular weight excluding hydrogens is 733 g/mol. The maximum absolute atomic E-state index is 10.1. The first-order valence-corrected chi connectivity index (χ1v) is 32.3. The lowest BCUT2D eigenvalue weighted by Crippen LogP contribution is -2.64. The molecule has 0 spiro atoms. The van der Waals surface area contributed by atoms with Crippen LogP contribution in [0.25, 0.3) is 0 Å². The zero-order valence-electron chi connectivity index (χ0n) is 35.9. The number of hydrogen-bond donors (Lipinski definition) is 2. The molecule has 0 aliphatic carbocycles. The van der Waals surface area contributed by atoms with Gasteiger partial charge in [0.05, 0.1) is 0 Å². The molecule has 0 fully saturated rings. The van der Waals surface area contributed by atoms with E-state index in [4.69, 9.17) is 12.3 Å². The zero-order chi connectivity index (χ0) is 39.8. The van der Waals surface area contributed by atoms with Gasteiger partial charge in [-0.05, 0) is 117 Å². The molecule has 0 radical (unpaired) electrons. The van der Waals surface area contributed by atoms with E-state index >= 15 is 0 Å². The molecule has 2 atom stereocenters. The van der Waals surface area contributed by atoms with Crippen LogP contribution in [0.4, 0.5) is 0 Å². The van der Waals surface area contributed by atoms with Crippen molar-refractivity contribution >= 4 is 38.9 Å². The van der Waals surface area contributed by atoms with Gasteiger partial charge in [-0.15, -0.1) is 0 Å². The minimum atomic E-state index is -2.74. The van der Waals surface area contributed by atoms with Crippen LogP contribution in [-0.2, 0) is 12.3 Å². The first-order valence-electron chi connectivity index (χ1n) is 21.3. The van der Waals surface area contributed by atoms with Gasteiger partial charge in [0.1, 0.15) is 11.5 Å². The lowest BCUT2D eigenvalue weighted by molar-refractivity contribution is 0.323. The van der Waals surface area contributed by atoms with Crippen molar-refractivity contribution in [1.29, 1.82) is 0 Å². The number of aromatic hydroxyl groups is 2. The molecule has 54 heavy (non-hydrogen) atoms. The Hall–Kier alpha value is -1.99. The summed E-state index contributed by atoms with van der Waals surface area (Å²) < 4.78 is 22.1. The van der Waals surface area contributed by atoms with Crippen LogP contribution in [0.2, 0.25) is 57.4 Å². The maximum atomic E-state index is 10.1. The van der Waals surface area contributed by atoms with E-state index in [0.717, 1.165) is 42.5 Å². The van der Waals surface area contributed by atoms with E-state index in [9.17, 15) is 10.2 Å². The van der Waals surface area contributed by atoms with Crippen LogP contribution in [0.1, 0.15) is 125 Å². The van der Waals surface area contributed by atoms with E-state index in [1.54, 1.807) is 0 Å². The third-order valence-electron chi connectivity index (χ3n) is 11.1. The van der Waals surface area contributed by atoms with E-state index in [1.807, 2.05) is 26.0 Å². The molecule has 0 aromatic heterocycles. The van der Waals surface area contributed by atoms with Gasteiger partial charge in [0.2, 0.25) is 0 Å². The van der Waals surface area contributed by atoms with Crippen LogP contribution >= 0.6 is 0 Å². The Balaban J connectivity index is 1.57. The Bertz CT molecular complexity index is 1480. The maximum Gasteiger partial charge on any atom is 0.350 e. The molecule has 0 heterocycles. The fraction of sp³-hybridized carbons (Fsp3) is 0.600. The molecule has 0 aliphatic rings. The summed E-state index contributed by atoms with van der Waals surface area (Å²) in [5.41, 5.74) is 4.28. The van der Waals surface area contributed by atoms with E-state index in [0.29, 0.717) is 11.5 Å². The first-order chi connectivity index (χ1) is 25.5. The minimum Gasteiger partial charge on any atom is -0.508 e. The van der Waals surface area contributed by atoms with Crippen molar-refractivity contribution in [2.24, 2.45) is 0 Å². The average molecular weight is 809 g/mol. The Morgan fingerprint density at radius 2 is 0.981 bits per heavy atom. The fourth-order valence-electron chi connectivity index (χ4n) is 8.01. The molecule has 0 saturated heterocycles. The Morgan fingerprint density at radius 1 is 0.519 bits per heavy atom. The second-order valence-electron chi connectivity index (χ2n) is 17.5. The van der Waals surface area contributed by atoms with Crippen molar-refractivity contribution in [3.63, 3.8) is 0 Å². The van der Waals surface area contributed by atoms with Crippen molar-refractivity contribution in [1.82, 2.24) is 0 Å². The van der Waals surface area contributed by atoms with Crippen molar-refractivity contribution in [3.8, 4) is 11.5 Å². The largest absolute Gasteiger partial charge is 0.508 e. The molecular formula is C45H76O5Si4. The third-order valence-corrected chi connectivity index (χ3v) is 27.8. The number of unbranched alkanes of at least 4 members (excludes halogenated alkanes) is 9. The number of hydrogen-bond acceptors (Lipinski definition) is 5. The van der Waals surface area contributed by atoms with Crippen LogP contribution in [-0.4, -0.2) is 44.0 Å². The lowest BCUT2D eigenvalue weighted by Gasteiger charge is -2.44. The van der Waals surface area contributed by atoms with Gasteiger partial charge in [-0.1, -0.05) is 145 Å². The molecule has 2 N–H and O–H groups in total. The standard InChI is InChI=1S/C45H76O5Si4/c1-11-13-33-51(5,6)48-53(9,50-54(10,42-26-22-21-23-27-42)49-52(7,8)34-14-12-2)35-25-20-18-16-15-17-19-24-28-43(40-29-31-44(46)38(3)36-40)41-30-32-45(47)39(4)37-41/h21-23,26-27,29-32,36-37,43,46-47H,11-20,24-25,28,33-35H2,1-10H3. The van der Waals surface area contributed by atoms with Crippen molar-refractivity contribution in [2.75, 3.05) is 0 Å². The highest BCUT2D eigenvalue weighted by Gasteiger charge is 2.49. The van der Waals surface area contributed by atoms with Gasteiger partial charge in [-0.2, -0.15) is 0 Å². The quantitative estimate of drug-likeness (QED) is 0.0624. The molecule has 3 aromatic rings. The second-order valence-corrected chi connectivity index (χ2v) is 33.2. The highest BCUT2D eigenvalue weighted by molar-refractivity contribution is 6.95. The molecule has 0 aliphatic heterocycles.